The normalized spacial score (nSPS) is 19.6. The standard InChI is InChI=1S/C43H54N7O7P/c1-47(2)42(48(3)4)58(55-28-12-25-44)57-36-29-40(50-27-24-38(46-41(50)51)45-39-15-11-26-49(39)5)56-37(36)30-54-43(31-13-9-8-10-14-31,32-16-20-34(52-6)21-17-32)33-18-22-35(53-7)23-19-33/h8-10,13-14,16-24,27,36-37,40,42H,11-12,15,26,28-30H2,1-7H3/b45-39-/t36-,37-,40-,58?/m1/s1. The summed E-state index contributed by atoms with van der Waals surface area (Å²) in [7, 11) is 11.5. The van der Waals surface area contributed by atoms with Gasteiger partial charge in [-0.05, 0) is 81.6 Å². The van der Waals surface area contributed by atoms with E-state index in [0.29, 0.717) is 23.7 Å². The van der Waals surface area contributed by atoms with Gasteiger partial charge in [0.2, 0.25) is 8.38 Å². The van der Waals surface area contributed by atoms with Crippen LogP contribution in [0.4, 0.5) is 5.82 Å². The molecule has 2 saturated heterocycles. The minimum Gasteiger partial charge on any atom is -0.497 e. The van der Waals surface area contributed by atoms with Crippen LogP contribution in [0.25, 0.3) is 0 Å². The first-order valence-electron chi connectivity index (χ1n) is 19.4. The molecule has 0 spiro atoms. The molecule has 58 heavy (non-hydrogen) atoms. The fourth-order valence-corrected chi connectivity index (χ4v) is 9.29. The lowest BCUT2D eigenvalue weighted by Gasteiger charge is -2.38. The van der Waals surface area contributed by atoms with Crippen molar-refractivity contribution in [2.45, 2.75) is 55.6 Å². The molecule has 1 unspecified atom stereocenters. The number of aromatic nitrogens is 2. The number of amidine groups is 1. The average Bonchev–Trinajstić information content (AvgIpc) is 3.83. The molecule has 1 aromatic heterocycles. The lowest BCUT2D eigenvalue weighted by Crippen LogP contribution is -2.42. The predicted octanol–water partition coefficient (Wildman–Crippen LogP) is 6.35. The number of nitriles is 1. The van der Waals surface area contributed by atoms with Crippen molar-refractivity contribution >= 4 is 20.0 Å². The molecule has 2 aliphatic heterocycles. The molecule has 14 nitrogen and oxygen atoms in total. The van der Waals surface area contributed by atoms with Gasteiger partial charge in [-0.1, -0.05) is 54.6 Å². The highest BCUT2D eigenvalue weighted by Gasteiger charge is 2.45. The molecule has 3 heterocycles. The molecule has 0 saturated carbocycles. The molecule has 2 aliphatic rings. The Kier molecular flexibility index (Phi) is 14.7. The minimum atomic E-state index is -1.64. The molecule has 2 fully saturated rings. The van der Waals surface area contributed by atoms with Crippen molar-refractivity contribution in [3.05, 3.63) is 118 Å². The molecule has 0 bridgehead atoms. The maximum Gasteiger partial charge on any atom is 0.351 e. The van der Waals surface area contributed by atoms with Crippen LogP contribution in [0, 0.1) is 11.3 Å². The van der Waals surface area contributed by atoms with E-state index in [4.69, 9.17) is 28.0 Å². The summed E-state index contributed by atoms with van der Waals surface area (Å²) in [6.07, 6.45) is 2.08. The van der Waals surface area contributed by atoms with Gasteiger partial charge in [0.25, 0.3) is 0 Å². The van der Waals surface area contributed by atoms with E-state index in [0.717, 1.165) is 41.9 Å². The maximum absolute atomic E-state index is 13.7. The summed E-state index contributed by atoms with van der Waals surface area (Å²) in [4.78, 5) is 28.8. The highest BCUT2D eigenvalue weighted by atomic mass is 31.2. The molecule has 3 aromatic carbocycles. The smallest absolute Gasteiger partial charge is 0.351 e. The zero-order valence-electron chi connectivity index (χ0n) is 34.4. The van der Waals surface area contributed by atoms with Crippen molar-refractivity contribution in [2.24, 2.45) is 4.99 Å². The summed E-state index contributed by atoms with van der Waals surface area (Å²) < 4.78 is 40.0. The van der Waals surface area contributed by atoms with E-state index in [1.54, 1.807) is 26.5 Å². The van der Waals surface area contributed by atoms with Crippen LogP contribution in [0.2, 0.25) is 0 Å². The van der Waals surface area contributed by atoms with E-state index in [-0.39, 0.29) is 25.5 Å². The average molecular weight is 812 g/mol. The Morgan fingerprint density at radius 3 is 2.10 bits per heavy atom. The molecular formula is C43H54N7O7P. The lowest BCUT2D eigenvalue weighted by molar-refractivity contribution is -0.0922. The first kappa shape index (κ1) is 42.9. The van der Waals surface area contributed by atoms with Crippen molar-refractivity contribution in [1.82, 2.24) is 24.3 Å². The van der Waals surface area contributed by atoms with Crippen LogP contribution in [0.3, 0.4) is 0 Å². The van der Waals surface area contributed by atoms with Crippen LogP contribution >= 0.6 is 8.38 Å². The molecular weight excluding hydrogens is 757 g/mol. The molecule has 0 N–H and O–H groups in total. The van der Waals surface area contributed by atoms with Crippen LogP contribution in [0.5, 0.6) is 11.5 Å². The number of rotatable bonds is 18. The molecule has 6 rings (SSSR count). The topological polar surface area (TPSA) is 136 Å². The third-order valence-corrected chi connectivity index (χ3v) is 12.5. The van der Waals surface area contributed by atoms with Gasteiger partial charge in [-0.25, -0.2) is 9.79 Å². The summed E-state index contributed by atoms with van der Waals surface area (Å²) in [6, 6.07) is 29.6. The van der Waals surface area contributed by atoms with E-state index >= 15 is 0 Å². The fourth-order valence-electron chi connectivity index (χ4n) is 7.47. The third kappa shape index (κ3) is 9.76. The van der Waals surface area contributed by atoms with Crippen molar-refractivity contribution in [3.8, 4) is 17.6 Å². The number of likely N-dealkylation sites (tertiary alicyclic amines) is 1. The first-order valence-corrected chi connectivity index (χ1v) is 20.6. The summed E-state index contributed by atoms with van der Waals surface area (Å²) in [5.41, 5.74) is 1.02. The Morgan fingerprint density at radius 1 is 0.948 bits per heavy atom. The number of hydrogen-bond acceptors (Lipinski definition) is 12. The second-order valence-corrected chi connectivity index (χ2v) is 16.2. The monoisotopic (exact) mass is 811 g/mol. The Morgan fingerprint density at radius 2 is 1.57 bits per heavy atom. The Bertz CT molecular complexity index is 2000. The molecule has 0 amide bonds. The number of aliphatic imine (C=N–C) groups is 1. The van der Waals surface area contributed by atoms with E-state index in [1.807, 2.05) is 124 Å². The van der Waals surface area contributed by atoms with Gasteiger partial charge in [-0.2, -0.15) is 10.2 Å². The van der Waals surface area contributed by atoms with Gasteiger partial charge >= 0.3 is 5.69 Å². The molecule has 0 radical (unpaired) electrons. The predicted molar refractivity (Wildman–Crippen MR) is 223 cm³/mol. The van der Waals surface area contributed by atoms with E-state index in [1.165, 1.54) is 4.57 Å². The highest BCUT2D eigenvalue weighted by Crippen LogP contribution is 2.50. The number of ether oxygens (including phenoxy) is 4. The van der Waals surface area contributed by atoms with Crippen molar-refractivity contribution in [3.63, 3.8) is 0 Å². The van der Waals surface area contributed by atoms with Crippen molar-refractivity contribution in [2.75, 3.05) is 69.2 Å². The number of nitrogens with zero attached hydrogens (tertiary/aromatic N) is 7. The molecule has 308 valence electrons. The Balaban J connectivity index is 1.40. The number of hydrogen-bond donors (Lipinski definition) is 0. The zero-order chi connectivity index (χ0) is 41.2. The zero-order valence-corrected chi connectivity index (χ0v) is 35.2. The summed E-state index contributed by atoms with van der Waals surface area (Å²) in [6.45, 7) is 1.18. The maximum atomic E-state index is 13.7. The molecule has 15 heteroatoms. The van der Waals surface area contributed by atoms with Gasteiger partial charge in [0.1, 0.15) is 41.2 Å². The van der Waals surface area contributed by atoms with Gasteiger partial charge in [-0.3, -0.25) is 14.4 Å². The van der Waals surface area contributed by atoms with E-state index in [9.17, 15) is 10.1 Å². The Hall–Kier alpha value is -4.71. The van der Waals surface area contributed by atoms with Crippen LogP contribution in [0.1, 0.15) is 48.6 Å². The van der Waals surface area contributed by atoms with Gasteiger partial charge in [0, 0.05) is 32.6 Å². The van der Waals surface area contributed by atoms with Crippen LogP contribution in [0.15, 0.2) is 101 Å². The van der Waals surface area contributed by atoms with Gasteiger partial charge in [0.05, 0.1) is 46.0 Å². The van der Waals surface area contributed by atoms with Gasteiger partial charge in [0.15, 0.2) is 5.82 Å². The SMILES string of the molecule is COc1ccc(C(OC[C@H]2O[C@@H](n3ccc(/N=C4/CCCN4C)nc3=O)C[C@H]2OP(OCCC#N)C(N(C)C)N(C)C)(c2ccccc2)c2ccc(OC)cc2)cc1. The van der Waals surface area contributed by atoms with Gasteiger partial charge < -0.3 is 32.9 Å². The third-order valence-electron chi connectivity index (χ3n) is 10.3. The van der Waals surface area contributed by atoms with Gasteiger partial charge in [-0.15, -0.1) is 0 Å². The summed E-state index contributed by atoms with van der Waals surface area (Å²) >= 11 is 0. The number of methoxy groups -OCH3 is 2. The van der Waals surface area contributed by atoms with Crippen molar-refractivity contribution < 1.29 is 28.0 Å². The summed E-state index contributed by atoms with van der Waals surface area (Å²) in [5, 5.41) is 9.36. The minimum absolute atomic E-state index is 0.0599. The summed E-state index contributed by atoms with van der Waals surface area (Å²) in [5.74, 6) is 2.43. The van der Waals surface area contributed by atoms with Crippen LogP contribution in [-0.2, 0) is 24.1 Å². The van der Waals surface area contributed by atoms with Crippen molar-refractivity contribution in [1.29, 1.82) is 5.26 Å². The van der Waals surface area contributed by atoms with Crippen LogP contribution in [-0.4, -0.2) is 117 Å². The largest absolute Gasteiger partial charge is 0.497 e. The highest BCUT2D eigenvalue weighted by molar-refractivity contribution is 7.47. The second-order valence-electron chi connectivity index (χ2n) is 14.7. The Labute approximate surface area is 342 Å². The van der Waals surface area contributed by atoms with Crippen LogP contribution < -0.4 is 15.2 Å². The molecule has 4 aromatic rings. The fraction of sp³-hybridized carbons (Fsp3) is 0.442. The molecule has 4 atom stereocenters. The quantitative estimate of drug-likeness (QED) is 0.0480. The van der Waals surface area contributed by atoms with E-state index < -0.39 is 38.1 Å². The first-order chi connectivity index (χ1) is 28.1. The second kappa shape index (κ2) is 19.8. The number of benzene rings is 3. The molecule has 0 aliphatic carbocycles. The lowest BCUT2D eigenvalue weighted by atomic mass is 9.80. The van der Waals surface area contributed by atoms with E-state index in [2.05, 4.69) is 20.9 Å².